The Hall–Kier alpha value is -5.97. The first-order chi connectivity index (χ1) is 28.1. The summed E-state index contributed by atoms with van der Waals surface area (Å²) < 4.78 is 0. The number of phenols is 1. The Morgan fingerprint density at radius 1 is 0.733 bits per heavy atom. The molecular formula is C37H56N10O12S. The molecule has 7 atom stereocenters. The lowest BCUT2D eigenvalue weighted by Gasteiger charge is -2.30. The predicted molar refractivity (Wildman–Crippen MR) is 216 cm³/mol. The molecule has 1 saturated heterocycles. The normalized spacial score (nSPS) is 16.6. The third-order valence-electron chi connectivity index (χ3n) is 9.23. The van der Waals surface area contributed by atoms with Gasteiger partial charge in [0.15, 0.2) is 0 Å². The molecule has 60 heavy (non-hydrogen) atoms. The molecule has 0 radical (unpaired) electrons. The fraction of sp³-hybridized carbons (Fsp3) is 0.568. The fourth-order valence-electron chi connectivity index (χ4n) is 6.26. The van der Waals surface area contributed by atoms with E-state index in [4.69, 9.17) is 22.9 Å². The average Bonchev–Trinajstić information content (AvgIpc) is 3.65. The summed E-state index contributed by atoms with van der Waals surface area (Å²) in [5.41, 5.74) is 21.9. The summed E-state index contributed by atoms with van der Waals surface area (Å²) in [5, 5.41) is 31.4. The van der Waals surface area contributed by atoms with Gasteiger partial charge in [-0.2, -0.15) is 11.8 Å². The number of carbonyl (C=O) groups excluding carboxylic acids is 9. The van der Waals surface area contributed by atoms with Crippen molar-refractivity contribution in [2.75, 3.05) is 18.6 Å². The second kappa shape index (κ2) is 24.2. The van der Waals surface area contributed by atoms with Gasteiger partial charge < -0.3 is 64.6 Å². The largest absolute Gasteiger partial charge is 0.508 e. The maximum atomic E-state index is 14.0. The Balaban J connectivity index is 2.40. The Morgan fingerprint density at radius 2 is 1.23 bits per heavy atom. The predicted octanol–water partition coefficient (Wildman–Crippen LogP) is -3.81. The van der Waals surface area contributed by atoms with E-state index in [0.29, 0.717) is 17.7 Å². The fourth-order valence-corrected chi connectivity index (χ4v) is 6.73. The first-order valence-electron chi connectivity index (χ1n) is 19.1. The van der Waals surface area contributed by atoms with E-state index in [1.54, 1.807) is 20.1 Å². The van der Waals surface area contributed by atoms with E-state index in [1.165, 1.54) is 40.9 Å². The van der Waals surface area contributed by atoms with E-state index in [1.807, 2.05) is 0 Å². The van der Waals surface area contributed by atoms with Crippen molar-refractivity contribution in [2.45, 2.75) is 108 Å². The molecule has 0 spiro atoms. The number of primary amides is 3. The molecule has 1 aliphatic heterocycles. The number of carboxylic acids is 1. The first-order valence-corrected chi connectivity index (χ1v) is 20.4. The van der Waals surface area contributed by atoms with Gasteiger partial charge in [0.25, 0.3) is 0 Å². The zero-order valence-corrected chi connectivity index (χ0v) is 34.5. The van der Waals surface area contributed by atoms with Crippen LogP contribution in [0.1, 0.15) is 64.4 Å². The number of phenolic OH excluding ortho intramolecular Hbond substituents is 1. The highest BCUT2D eigenvalue weighted by atomic mass is 32.2. The summed E-state index contributed by atoms with van der Waals surface area (Å²) in [7, 11) is 0. The highest BCUT2D eigenvalue weighted by molar-refractivity contribution is 7.98. The summed E-state index contributed by atoms with van der Waals surface area (Å²) in [5.74, 6) is -9.66. The summed E-state index contributed by atoms with van der Waals surface area (Å²) >= 11 is 1.35. The number of nitrogens with one attached hydrogen (secondary N) is 5. The number of aromatic hydroxyl groups is 1. The van der Waals surface area contributed by atoms with E-state index in [-0.39, 0.29) is 43.9 Å². The maximum absolute atomic E-state index is 14.0. The number of carboxylic acid groups (broad SMARTS) is 1. The van der Waals surface area contributed by atoms with E-state index in [9.17, 15) is 58.2 Å². The monoisotopic (exact) mass is 864 g/mol. The Labute approximate surface area is 350 Å². The van der Waals surface area contributed by atoms with Gasteiger partial charge in [0.05, 0.1) is 25.3 Å². The number of nitrogens with zero attached hydrogens (tertiary/aromatic N) is 1. The molecule has 1 fully saturated rings. The standard InChI is InChI=1S/C37H56N10O12S/c1-18(2)13-26(37(58)59)46-35(56)27-5-4-11-47(27)36(57)22(10-12-60-3)42-33(54)25(17-30(41)51)45-32(53)23(14-19-6-8-20(48)9-7-19)44-34(55)24(16-29(40)50)43-31(52)21(38)15-28(39)49/h6-9,18,21-27,48H,4-5,10-17,38H2,1-3H3,(H2,39,49)(H2,40,50)(H2,41,51)(H,42,54)(H,43,52)(H,44,55)(H,45,53)(H,46,56)(H,58,59)/t21-,22-,23-,24-,25-,26-,27-/m0/s1. The molecule has 332 valence electrons. The third kappa shape index (κ3) is 16.7. The minimum atomic E-state index is -1.73. The number of nitrogens with two attached hydrogens (primary N) is 4. The van der Waals surface area contributed by atoms with Crippen LogP contribution in [-0.4, -0.2) is 135 Å². The van der Waals surface area contributed by atoms with Crippen molar-refractivity contribution in [3.8, 4) is 5.75 Å². The lowest BCUT2D eigenvalue weighted by atomic mass is 10.0. The van der Waals surface area contributed by atoms with Crippen LogP contribution in [0.5, 0.6) is 5.75 Å². The van der Waals surface area contributed by atoms with Crippen LogP contribution in [0, 0.1) is 5.92 Å². The molecule has 1 aromatic carbocycles. The number of amides is 9. The molecule has 23 heteroatoms. The average molecular weight is 865 g/mol. The molecule has 22 nitrogen and oxygen atoms in total. The number of carbonyl (C=O) groups is 10. The van der Waals surface area contributed by atoms with Crippen molar-refractivity contribution in [2.24, 2.45) is 28.9 Å². The molecular weight excluding hydrogens is 809 g/mol. The number of thioether (sulfide) groups is 1. The van der Waals surface area contributed by atoms with Crippen molar-refractivity contribution in [1.82, 2.24) is 31.5 Å². The van der Waals surface area contributed by atoms with Crippen LogP contribution in [0.4, 0.5) is 0 Å². The van der Waals surface area contributed by atoms with E-state index >= 15 is 0 Å². The second-order valence-corrected chi connectivity index (χ2v) is 15.7. The SMILES string of the molecule is CSCC[C@H](NC(=O)[C@H](CC(N)=O)NC(=O)[C@H](Cc1ccc(O)cc1)NC(=O)[C@H](CC(N)=O)NC(=O)[C@@H](N)CC(N)=O)C(=O)N1CCC[C@H]1C(=O)N[C@@H](CC(C)C)C(=O)O. The third-order valence-corrected chi connectivity index (χ3v) is 9.87. The van der Waals surface area contributed by atoms with Crippen LogP contribution in [0.15, 0.2) is 24.3 Å². The summed E-state index contributed by atoms with van der Waals surface area (Å²) in [4.78, 5) is 130. The molecule has 15 N–H and O–H groups in total. The van der Waals surface area contributed by atoms with E-state index in [0.717, 1.165) is 0 Å². The molecule has 0 aliphatic carbocycles. The molecule has 1 heterocycles. The van der Waals surface area contributed by atoms with Crippen LogP contribution >= 0.6 is 11.8 Å². The molecule has 1 aromatic rings. The van der Waals surface area contributed by atoms with Gasteiger partial charge >= 0.3 is 5.97 Å². The molecule has 0 bridgehead atoms. The minimum Gasteiger partial charge on any atom is -0.508 e. The van der Waals surface area contributed by atoms with Gasteiger partial charge in [-0.05, 0) is 61.3 Å². The van der Waals surface area contributed by atoms with Gasteiger partial charge in [0, 0.05) is 13.0 Å². The number of aliphatic carboxylic acids is 1. The lowest BCUT2D eigenvalue weighted by Crippen LogP contribution is -2.60. The summed E-state index contributed by atoms with van der Waals surface area (Å²) in [6.45, 7) is 3.72. The Kier molecular flexibility index (Phi) is 20.2. The molecule has 0 unspecified atom stereocenters. The maximum Gasteiger partial charge on any atom is 0.326 e. The van der Waals surface area contributed by atoms with Crippen LogP contribution in [0.3, 0.4) is 0 Å². The van der Waals surface area contributed by atoms with Gasteiger partial charge in [0.1, 0.15) is 42.0 Å². The van der Waals surface area contributed by atoms with Gasteiger partial charge in [-0.1, -0.05) is 26.0 Å². The number of rotatable bonds is 25. The Morgan fingerprint density at radius 3 is 1.73 bits per heavy atom. The van der Waals surface area contributed by atoms with Crippen LogP contribution < -0.4 is 49.5 Å². The smallest absolute Gasteiger partial charge is 0.326 e. The van der Waals surface area contributed by atoms with Gasteiger partial charge in [0.2, 0.25) is 53.2 Å². The highest BCUT2D eigenvalue weighted by Crippen LogP contribution is 2.21. The number of likely N-dealkylation sites (tertiary alicyclic amines) is 1. The summed E-state index contributed by atoms with van der Waals surface area (Å²) in [6.07, 6.45) is 0.130. The Bertz CT molecular complexity index is 1750. The second-order valence-electron chi connectivity index (χ2n) is 14.7. The van der Waals surface area contributed by atoms with Crippen molar-refractivity contribution < 1.29 is 58.2 Å². The van der Waals surface area contributed by atoms with Crippen LogP contribution in [0.2, 0.25) is 0 Å². The van der Waals surface area contributed by atoms with Crippen molar-refractivity contribution in [3.63, 3.8) is 0 Å². The topological polar surface area (TPSA) is 379 Å². The zero-order chi connectivity index (χ0) is 45.3. The van der Waals surface area contributed by atoms with E-state index < -0.39 is 121 Å². The van der Waals surface area contributed by atoms with Gasteiger partial charge in [-0.15, -0.1) is 0 Å². The molecule has 9 amide bonds. The van der Waals surface area contributed by atoms with Gasteiger partial charge in [-0.25, -0.2) is 4.79 Å². The summed E-state index contributed by atoms with van der Waals surface area (Å²) in [6, 6.07) is -4.62. The lowest BCUT2D eigenvalue weighted by molar-refractivity contribution is -0.145. The van der Waals surface area contributed by atoms with Crippen molar-refractivity contribution in [3.05, 3.63) is 29.8 Å². The van der Waals surface area contributed by atoms with Crippen LogP contribution in [-0.2, 0) is 54.4 Å². The number of benzene rings is 1. The molecule has 0 aromatic heterocycles. The van der Waals surface area contributed by atoms with E-state index in [2.05, 4.69) is 26.6 Å². The van der Waals surface area contributed by atoms with Crippen molar-refractivity contribution in [1.29, 1.82) is 0 Å². The zero-order valence-electron chi connectivity index (χ0n) is 33.6. The minimum absolute atomic E-state index is 0.0501. The first kappa shape index (κ1) is 50.2. The molecule has 2 rings (SSSR count). The quantitative estimate of drug-likeness (QED) is 0.0449. The van der Waals surface area contributed by atoms with Gasteiger partial charge in [-0.3, -0.25) is 43.2 Å². The highest BCUT2D eigenvalue weighted by Gasteiger charge is 2.40. The van der Waals surface area contributed by atoms with Crippen LogP contribution in [0.25, 0.3) is 0 Å². The van der Waals surface area contributed by atoms with Crippen molar-refractivity contribution >= 4 is 70.9 Å². The number of hydrogen-bond donors (Lipinski definition) is 11. The number of hydrogen-bond acceptors (Lipinski definition) is 13. The molecule has 1 aliphatic rings. The molecule has 0 saturated carbocycles.